The van der Waals surface area contributed by atoms with E-state index in [1.807, 2.05) is 19.0 Å². The summed E-state index contributed by atoms with van der Waals surface area (Å²) in [6.07, 6.45) is 1.42. The second-order valence-electron chi connectivity index (χ2n) is 3.56. The van der Waals surface area contributed by atoms with E-state index >= 15 is 0 Å². The fourth-order valence-corrected chi connectivity index (χ4v) is 1.10. The number of halogens is 1. The predicted octanol–water partition coefficient (Wildman–Crippen LogP) is 0.452. The van der Waals surface area contributed by atoms with E-state index in [4.69, 9.17) is 10.2 Å². The predicted molar refractivity (Wildman–Crippen MR) is 64.7 cm³/mol. The van der Waals surface area contributed by atoms with Crippen LogP contribution in [0.5, 0.6) is 0 Å². The van der Waals surface area contributed by atoms with Crippen LogP contribution in [0.1, 0.15) is 16.1 Å². The Balaban J connectivity index is 0.00000225. The number of likely N-dealkylation sites (N-methyl/N-ethyl adjacent to an activating group) is 1. The molecule has 0 radical (unpaired) electrons. The molecule has 1 amide bonds. The first-order valence-corrected chi connectivity index (χ1v) is 4.84. The van der Waals surface area contributed by atoms with Crippen LogP contribution in [0, 0.1) is 0 Å². The lowest BCUT2D eigenvalue weighted by Crippen LogP contribution is -2.31. The highest BCUT2D eigenvalue weighted by Gasteiger charge is 2.08. The van der Waals surface area contributed by atoms with Crippen LogP contribution >= 0.6 is 12.4 Å². The molecule has 0 spiro atoms. The zero-order valence-electron chi connectivity index (χ0n) is 9.53. The monoisotopic (exact) mass is 247 g/mol. The van der Waals surface area contributed by atoms with Crippen molar-refractivity contribution in [1.29, 1.82) is 0 Å². The second kappa shape index (κ2) is 7.27. The van der Waals surface area contributed by atoms with Gasteiger partial charge >= 0.3 is 0 Å². The Bertz CT molecular complexity index is 326. The highest BCUT2D eigenvalue weighted by Crippen LogP contribution is 2.06. The van der Waals surface area contributed by atoms with Crippen LogP contribution in [0.3, 0.4) is 0 Å². The third-order valence-electron chi connectivity index (χ3n) is 1.96. The normalized spacial score (nSPS) is 10.0. The molecule has 0 aliphatic rings. The number of hydrogen-bond acceptors (Lipinski definition) is 4. The van der Waals surface area contributed by atoms with Crippen LogP contribution in [0.25, 0.3) is 0 Å². The minimum atomic E-state index is -0.125. The van der Waals surface area contributed by atoms with Crippen molar-refractivity contribution in [3.05, 3.63) is 23.7 Å². The van der Waals surface area contributed by atoms with E-state index < -0.39 is 0 Å². The van der Waals surface area contributed by atoms with E-state index in [1.165, 1.54) is 6.26 Å². The van der Waals surface area contributed by atoms with Crippen molar-refractivity contribution in [3.63, 3.8) is 0 Å². The first-order valence-electron chi connectivity index (χ1n) is 4.84. The maximum absolute atomic E-state index is 11.5. The van der Waals surface area contributed by atoms with Gasteiger partial charge in [0, 0.05) is 13.1 Å². The van der Waals surface area contributed by atoms with Crippen LogP contribution < -0.4 is 11.1 Å². The number of hydrogen-bond donors (Lipinski definition) is 2. The van der Waals surface area contributed by atoms with Gasteiger partial charge in [0.05, 0.1) is 12.1 Å². The number of rotatable bonds is 5. The molecule has 0 atom stereocenters. The zero-order valence-corrected chi connectivity index (χ0v) is 10.3. The quantitative estimate of drug-likeness (QED) is 0.793. The second-order valence-corrected chi connectivity index (χ2v) is 3.56. The van der Waals surface area contributed by atoms with E-state index in [9.17, 15) is 4.79 Å². The van der Waals surface area contributed by atoms with Gasteiger partial charge in [0.1, 0.15) is 12.0 Å². The molecule has 0 aromatic carbocycles. The molecule has 0 bridgehead atoms. The topological polar surface area (TPSA) is 71.5 Å². The van der Waals surface area contributed by atoms with Crippen molar-refractivity contribution in [3.8, 4) is 0 Å². The summed E-state index contributed by atoms with van der Waals surface area (Å²) >= 11 is 0. The molecule has 1 heterocycles. The van der Waals surface area contributed by atoms with Gasteiger partial charge in [-0.1, -0.05) is 0 Å². The minimum Gasteiger partial charge on any atom is -0.467 e. The van der Waals surface area contributed by atoms with E-state index in [0.717, 1.165) is 6.54 Å². The molecule has 0 fully saturated rings. The molecule has 0 aliphatic carbocycles. The molecule has 0 aliphatic heterocycles. The van der Waals surface area contributed by atoms with Crippen LogP contribution in [0.15, 0.2) is 16.7 Å². The molecule has 1 aromatic rings. The number of nitrogens with two attached hydrogens (primary N) is 1. The number of carbonyl (C=O) groups is 1. The summed E-state index contributed by atoms with van der Waals surface area (Å²) in [5.74, 6) is 0.494. The summed E-state index contributed by atoms with van der Waals surface area (Å²) in [7, 11) is 3.91. The molecule has 0 saturated heterocycles. The Kier molecular flexibility index (Phi) is 6.80. The van der Waals surface area contributed by atoms with Crippen LogP contribution in [0.4, 0.5) is 0 Å². The fraction of sp³-hybridized carbons (Fsp3) is 0.500. The molecule has 5 nitrogen and oxygen atoms in total. The maximum Gasteiger partial charge on any atom is 0.254 e. The number of nitrogens with zero attached hydrogens (tertiary/aromatic N) is 1. The van der Waals surface area contributed by atoms with Gasteiger partial charge in [-0.05, 0) is 20.2 Å². The first kappa shape index (κ1) is 15.0. The molecule has 3 N–H and O–H groups in total. The average Bonchev–Trinajstić information content (AvgIpc) is 2.65. The van der Waals surface area contributed by atoms with Crippen molar-refractivity contribution in [2.24, 2.45) is 5.73 Å². The summed E-state index contributed by atoms with van der Waals surface area (Å²) in [6, 6.07) is 1.66. The maximum atomic E-state index is 11.5. The summed E-state index contributed by atoms with van der Waals surface area (Å²) in [4.78, 5) is 13.5. The molecule has 1 aromatic heterocycles. The average molecular weight is 248 g/mol. The lowest BCUT2D eigenvalue weighted by atomic mass is 10.3. The Morgan fingerprint density at radius 1 is 1.56 bits per heavy atom. The van der Waals surface area contributed by atoms with Crippen molar-refractivity contribution in [2.75, 3.05) is 27.2 Å². The van der Waals surface area contributed by atoms with Gasteiger partial charge in [0.15, 0.2) is 0 Å². The smallest absolute Gasteiger partial charge is 0.254 e. The van der Waals surface area contributed by atoms with Crippen molar-refractivity contribution >= 4 is 18.3 Å². The summed E-state index contributed by atoms with van der Waals surface area (Å²) in [5, 5.41) is 2.79. The third-order valence-corrected chi connectivity index (χ3v) is 1.96. The van der Waals surface area contributed by atoms with E-state index in [1.54, 1.807) is 6.07 Å². The van der Waals surface area contributed by atoms with Crippen molar-refractivity contribution in [1.82, 2.24) is 10.2 Å². The van der Waals surface area contributed by atoms with E-state index in [0.29, 0.717) is 24.4 Å². The summed E-state index contributed by atoms with van der Waals surface area (Å²) in [5.41, 5.74) is 5.89. The van der Waals surface area contributed by atoms with Gasteiger partial charge in [-0.3, -0.25) is 4.79 Å². The Labute approximate surface area is 101 Å². The molecule has 92 valence electrons. The van der Waals surface area contributed by atoms with Gasteiger partial charge in [-0.15, -0.1) is 12.4 Å². The van der Waals surface area contributed by atoms with Crippen LogP contribution in [-0.2, 0) is 6.54 Å². The Morgan fingerprint density at radius 2 is 2.25 bits per heavy atom. The van der Waals surface area contributed by atoms with E-state index in [2.05, 4.69) is 5.32 Å². The summed E-state index contributed by atoms with van der Waals surface area (Å²) < 4.78 is 5.07. The molecular formula is C10H18ClN3O2. The lowest BCUT2D eigenvalue weighted by molar-refractivity contribution is 0.0950. The highest BCUT2D eigenvalue weighted by molar-refractivity contribution is 5.93. The van der Waals surface area contributed by atoms with Gasteiger partial charge < -0.3 is 20.4 Å². The summed E-state index contributed by atoms with van der Waals surface area (Å²) in [6.45, 7) is 1.74. The SMILES string of the molecule is CN(C)CCNC(=O)c1coc(CN)c1.Cl. The molecule has 16 heavy (non-hydrogen) atoms. The Hall–Kier alpha value is -1.04. The lowest BCUT2D eigenvalue weighted by Gasteiger charge is -2.09. The highest BCUT2D eigenvalue weighted by atomic mass is 35.5. The number of carbonyl (C=O) groups excluding carboxylic acids is 1. The minimum absolute atomic E-state index is 0. The number of amides is 1. The zero-order chi connectivity index (χ0) is 11.3. The molecule has 1 rings (SSSR count). The molecular weight excluding hydrogens is 230 g/mol. The van der Waals surface area contributed by atoms with Crippen LogP contribution in [-0.4, -0.2) is 38.0 Å². The van der Waals surface area contributed by atoms with Crippen molar-refractivity contribution in [2.45, 2.75) is 6.54 Å². The van der Waals surface area contributed by atoms with Crippen LogP contribution in [0.2, 0.25) is 0 Å². The van der Waals surface area contributed by atoms with Gasteiger partial charge in [-0.2, -0.15) is 0 Å². The standard InChI is InChI=1S/C10H17N3O2.ClH/c1-13(2)4-3-12-10(14)8-5-9(6-11)15-7-8;/h5,7H,3-4,6,11H2,1-2H3,(H,12,14);1H. The first-order chi connectivity index (χ1) is 7.13. The fourth-order valence-electron chi connectivity index (χ4n) is 1.10. The Morgan fingerprint density at radius 3 is 2.75 bits per heavy atom. The molecule has 6 heteroatoms. The van der Waals surface area contributed by atoms with Gasteiger partial charge in [-0.25, -0.2) is 0 Å². The number of furan rings is 1. The molecule has 0 saturated carbocycles. The molecule has 0 unspecified atom stereocenters. The van der Waals surface area contributed by atoms with Crippen molar-refractivity contribution < 1.29 is 9.21 Å². The third kappa shape index (κ3) is 4.65. The van der Waals surface area contributed by atoms with Gasteiger partial charge in [0.25, 0.3) is 5.91 Å². The largest absolute Gasteiger partial charge is 0.467 e. The van der Waals surface area contributed by atoms with E-state index in [-0.39, 0.29) is 18.3 Å². The number of nitrogens with one attached hydrogen (secondary N) is 1. The van der Waals surface area contributed by atoms with Gasteiger partial charge in [0.2, 0.25) is 0 Å².